The number of amides is 1. The number of rotatable bonds is 12. The standard InChI is InChI=1S/C23H32N2O4S/c1-4-6-12-19(5-2)17-24-23(26)18-25(21-15-10-11-16-22(21)29-3)30(27,28)20-13-8-7-9-14-20/h7-11,13-16,19H,4-6,12,17-18H2,1-3H3,(H,24,26)/t19-/m0/s1. The Balaban J connectivity index is 2.28. The number of nitrogens with zero attached hydrogens (tertiary/aromatic N) is 1. The van der Waals surface area contributed by atoms with Crippen molar-refractivity contribution in [2.75, 3.05) is 24.5 Å². The molecule has 0 unspecified atom stereocenters. The molecule has 0 aliphatic heterocycles. The van der Waals surface area contributed by atoms with E-state index in [0.717, 1.165) is 30.0 Å². The van der Waals surface area contributed by atoms with E-state index in [-0.39, 0.29) is 17.3 Å². The lowest BCUT2D eigenvalue weighted by Gasteiger charge is -2.26. The van der Waals surface area contributed by atoms with Crippen molar-refractivity contribution in [3.63, 3.8) is 0 Å². The van der Waals surface area contributed by atoms with Gasteiger partial charge in [-0.15, -0.1) is 0 Å². The summed E-state index contributed by atoms with van der Waals surface area (Å²) in [5.74, 6) is 0.439. The molecule has 6 nitrogen and oxygen atoms in total. The predicted molar refractivity (Wildman–Crippen MR) is 120 cm³/mol. The number of unbranched alkanes of at least 4 members (excludes halogenated alkanes) is 1. The van der Waals surface area contributed by atoms with Crippen LogP contribution in [-0.2, 0) is 14.8 Å². The third-order valence-corrected chi connectivity index (χ3v) is 6.88. The number of anilines is 1. The molecule has 164 valence electrons. The Kier molecular flexibility index (Phi) is 9.17. The molecule has 0 aliphatic rings. The first-order valence-electron chi connectivity index (χ1n) is 10.4. The van der Waals surface area contributed by atoms with Crippen molar-refractivity contribution in [3.8, 4) is 5.75 Å². The van der Waals surface area contributed by atoms with Crippen LogP contribution in [0.1, 0.15) is 39.5 Å². The van der Waals surface area contributed by atoms with Crippen molar-refractivity contribution in [2.45, 2.75) is 44.4 Å². The summed E-state index contributed by atoms with van der Waals surface area (Å²) in [5.41, 5.74) is 0.331. The quantitative estimate of drug-likeness (QED) is 0.545. The van der Waals surface area contributed by atoms with Crippen LogP contribution in [0.25, 0.3) is 0 Å². The van der Waals surface area contributed by atoms with Gasteiger partial charge in [0.25, 0.3) is 10.0 Å². The van der Waals surface area contributed by atoms with Gasteiger partial charge in [-0.3, -0.25) is 9.10 Å². The number of benzene rings is 2. The molecule has 1 N–H and O–H groups in total. The Labute approximate surface area is 180 Å². The third-order valence-electron chi connectivity index (χ3n) is 5.10. The first-order chi connectivity index (χ1) is 14.4. The summed E-state index contributed by atoms with van der Waals surface area (Å²) in [6.45, 7) is 4.47. The normalized spacial score (nSPS) is 12.2. The van der Waals surface area contributed by atoms with Gasteiger partial charge < -0.3 is 10.1 Å². The molecule has 2 aromatic rings. The van der Waals surface area contributed by atoms with Gasteiger partial charge in [0.1, 0.15) is 12.3 Å². The van der Waals surface area contributed by atoms with Crippen LogP contribution in [0, 0.1) is 5.92 Å². The Morgan fingerprint density at radius 3 is 2.37 bits per heavy atom. The van der Waals surface area contributed by atoms with E-state index >= 15 is 0 Å². The molecule has 1 atom stereocenters. The van der Waals surface area contributed by atoms with E-state index in [2.05, 4.69) is 19.2 Å². The van der Waals surface area contributed by atoms with Crippen molar-refractivity contribution in [1.82, 2.24) is 5.32 Å². The molecule has 0 aliphatic carbocycles. The maximum atomic E-state index is 13.4. The minimum absolute atomic E-state index is 0.123. The van der Waals surface area contributed by atoms with Gasteiger partial charge >= 0.3 is 0 Å². The van der Waals surface area contributed by atoms with Gasteiger partial charge in [0.15, 0.2) is 0 Å². The molecule has 0 fully saturated rings. The van der Waals surface area contributed by atoms with Crippen molar-refractivity contribution < 1.29 is 17.9 Å². The Bertz CT molecular complexity index is 900. The Morgan fingerprint density at radius 1 is 1.07 bits per heavy atom. The SMILES string of the molecule is CCCC[C@H](CC)CNC(=O)CN(c1ccccc1OC)S(=O)(=O)c1ccccc1. The second-order valence-corrected chi connectivity index (χ2v) is 9.08. The molecule has 0 radical (unpaired) electrons. The second-order valence-electron chi connectivity index (χ2n) is 7.22. The van der Waals surface area contributed by atoms with E-state index in [9.17, 15) is 13.2 Å². The minimum Gasteiger partial charge on any atom is -0.495 e. The van der Waals surface area contributed by atoms with Gasteiger partial charge in [0.05, 0.1) is 17.7 Å². The molecule has 7 heteroatoms. The maximum Gasteiger partial charge on any atom is 0.264 e. The number of nitrogens with one attached hydrogen (secondary N) is 1. The lowest BCUT2D eigenvalue weighted by molar-refractivity contribution is -0.119. The van der Waals surface area contributed by atoms with Crippen LogP contribution in [0.3, 0.4) is 0 Å². The van der Waals surface area contributed by atoms with Gasteiger partial charge in [0, 0.05) is 6.54 Å². The second kappa shape index (κ2) is 11.6. The number of hydrogen-bond donors (Lipinski definition) is 1. The van der Waals surface area contributed by atoms with Crippen LogP contribution >= 0.6 is 0 Å². The van der Waals surface area contributed by atoms with Crippen molar-refractivity contribution >= 4 is 21.6 Å². The molecule has 0 bridgehead atoms. The predicted octanol–water partition coefficient (Wildman–Crippen LogP) is 4.22. The van der Waals surface area contributed by atoms with Gasteiger partial charge in [-0.05, 0) is 36.6 Å². The molecule has 0 aromatic heterocycles. The summed E-state index contributed by atoms with van der Waals surface area (Å²) in [4.78, 5) is 12.9. The van der Waals surface area contributed by atoms with Crippen molar-refractivity contribution in [2.24, 2.45) is 5.92 Å². The van der Waals surface area contributed by atoms with E-state index in [4.69, 9.17) is 4.74 Å². The largest absolute Gasteiger partial charge is 0.495 e. The molecular formula is C23H32N2O4S. The fourth-order valence-electron chi connectivity index (χ4n) is 3.24. The topological polar surface area (TPSA) is 75.7 Å². The van der Waals surface area contributed by atoms with Gasteiger partial charge in [0.2, 0.25) is 5.91 Å². The minimum atomic E-state index is -3.95. The number of methoxy groups -OCH3 is 1. The van der Waals surface area contributed by atoms with Crippen LogP contribution in [-0.4, -0.2) is 34.5 Å². The first kappa shape index (κ1) is 23.7. The summed E-state index contributed by atoms with van der Waals surface area (Å²) >= 11 is 0. The summed E-state index contributed by atoms with van der Waals surface area (Å²) in [7, 11) is -2.47. The van der Waals surface area contributed by atoms with Crippen molar-refractivity contribution in [3.05, 3.63) is 54.6 Å². The van der Waals surface area contributed by atoms with Gasteiger partial charge in [-0.1, -0.05) is 63.4 Å². The summed E-state index contributed by atoms with van der Waals surface area (Å²) < 4.78 is 33.2. The lowest BCUT2D eigenvalue weighted by atomic mass is 9.99. The van der Waals surface area contributed by atoms with E-state index < -0.39 is 10.0 Å². The van der Waals surface area contributed by atoms with Gasteiger partial charge in [-0.25, -0.2) is 8.42 Å². The summed E-state index contributed by atoms with van der Waals surface area (Å²) in [6, 6.07) is 14.9. The maximum absolute atomic E-state index is 13.4. The highest BCUT2D eigenvalue weighted by Gasteiger charge is 2.29. The number of hydrogen-bond acceptors (Lipinski definition) is 4. The Morgan fingerprint density at radius 2 is 1.73 bits per heavy atom. The molecule has 30 heavy (non-hydrogen) atoms. The van der Waals surface area contributed by atoms with Crippen LogP contribution in [0.4, 0.5) is 5.69 Å². The van der Waals surface area contributed by atoms with E-state index in [0.29, 0.717) is 23.9 Å². The third kappa shape index (κ3) is 6.23. The number of carbonyl (C=O) groups excluding carboxylic acids is 1. The molecular weight excluding hydrogens is 400 g/mol. The highest BCUT2D eigenvalue weighted by atomic mass is 32.2. The molecule has 1 amide bonds. The van der Waals surface area contributed by atoms with Crippen molar-refractivity contribution in [1.29, 1.82) is 0 Å². The first-order valence-corrected chi connectivity index (χ1v) is 11.9. The molecule has 2 rings (SSSR count). The zero-order chi connectivity index (χ0) is 22.0. The number of ether oxygens (including phenoxy) is 1. The monoisotopic (exact) mass is 432 g/mol. The number of sulfonamides is 1. The zero-order valence-corrected chi connectivity index (χ0v) is 18.8. The lowest BCUT2D eigenvalue weighted by Crippen LogP contribution is -2.42. The number of carbonyl (C=O) groups is 1. The summed E-state index contributed by atoms with van der Waals surface area (Å²) in [5, 5.41) is 2.92. The molecule has 0 heterocycles. The average Bonchev–Trinajstić information content (AvgIpc) is 2.78. The van der Waals surface area contributed by atoms with Crippen LogP contribution in [0.2, 0.25) is 0 Å². The average molecular weight is 433 g/mol. The van der Waals surface area contributed by atoms with Crippen LogP contribution in [0.15, 0.2) is 59.5 Å². The fourth-order valence-corrected chi connectivity index (χ4v) is 4.70. The molecule has 0 spiro atoms. The highest BCUT2D eigenvalue weighted by Crippen LogP contribution is 2.32. The summed E-state index contributed by atoms with van der Waals surface area (Å²) in [6.07, 6.45) is 4.25. The fraction of sp³-hybridized carbons (Fsp3) is 0.435. The van der Waals surface area contributed by atoms with E-state index in [1.165, 1.54) is 19.2 Å². The smallest absolute Gasteiger partial charge is 0.264 e. The van der Waals surface area contributed by atoms with E-state index in [1.807, 2.05) is 0 Å². The molecule has 2 aromatic carbocycles. The highest BCUT2D eigenvalue weighted by molar-refractivity contribution is 7.92. The zero-order valence-electron chi connectivity index (χ0n) is 18.0. The Hall–Kier alpha value is -2.54. The number of para-hydroxylation sites is 2. The van der Waals surface area contributed by atoms with Gasteiger partial charge in [-0.2, -0.15) is 0 Å². The van der Waals surface area contributed by atoms with E-state index in [1.54, 1.807) is 42.5 Å². The van der Waals surface area contributed by atoms with Crippen LogP contribution in [0.5, 0.6) is 5.75 Å². The molecule has 0 saturated heterocycles. The van der Waals surface area contributed by atoms with Crippen LogP contribution < -0.4 is 14.4 Å². The molecule has 0 saturated carbocycles.